The first-order chi connectivity index (χ1) is 10.1. The molecule has 0 spiro atoms. The highest BCUT2D eigenvalue weighted by Crippen LogP contribution is 2.13. The second kappa shape index (κ2) is 8.92. The van der Waals surface area contributed by atoms with Crippen LogP contribution in [0.25, 0.3) is 0 Å². The predicted molar refractivity (Wildman–Crippen MR) is 86.3 cm³/mol. The van der Waals surface area contributed by atoms with Crippen LogP contribution in [0.2, 0.25) is 0 Å². The van der Waals surface area contributed by atoms with Crippen molar-refractivity contribution in [2.24, 2.45) is 9.98 Å². The van der Waals surface area contributed by atoms with Crippen molar-refractivity contribution in [2.75, 3.05) is 13.0 Å². The van der Waals surface area contributed by atoms with Gasteiger partial charge < -0.3 is 10.1 Å². The molecule has 0 atom stereocenters. The van der Waals surface area contributed by atoms with Crippen molar-refractivity contribution in [3.63, 3.8) is 0 Å². The third-order valence-corrected chi connectivity index (χ3v) is 3.00. The van der Waals surface area contributed by atoms with Crippen LogP contribution in [-0.2, 0) is 11.3 Å². The Balaban J connectivity index is 2.88. The quantitative estimate of drug-likeness (QED) is 0.347. The third kappa shape index (κ3) is 5.39. The molecule has 112 valence electrons. The number of nitrogens with one attached hydrogen (secondary N) is 1. The van der Waals surface area contributed by atoms with E-state index in [9.17, 15) is 4.79 Å². The molecule has 5 nitrogen and oxygen atoms in total. The van der Waals surface area contributed by atoms with E-state index in [0.29, 0.717) is 17.9 Å². The number of halogens is 1. The molecule has 0 heterocycles. The van der Waals surface area contributed by atoms with E-state index in [0.717, 1.165) is 11.3 Å². The zero-order chi connectivity index (χ0) is 15.7. The average Bonchev–Trinajstić information content (AvgIpc) is 2.50. The van der Waals surface area contributed by atoms with Crippen LogP contribution >= 0.6 is 11.6 Å². The lowest BCUT2D eigenvalue weighted by molar-refractivity contribution is -0.113. The van der Waals surface area contributed by atoms with Crippen molar-refractivity contribution in [1.29, 1.82) is 0 Å². The van der Waals surface area contributed by atoms with Gasteiger partial charge in [0.15, 0.2) is 5.78 Å². The van der Waals surface area contributed by atoms with Crippen LogP contribution in [0.1, 0.15) is 12.5 Å². The summed E-state index contributed by atoms with van der Waals surface area (Å²) in [4.78, 5) is 19.2. The summed E-state index contributed by atoms with van der Waals surface area (Å²) in [6, 6.07) is 7.57. The summed E-state index contributed by atoms with van der Waals surface area (Å²) in [6.45, 7) is 5.27. The van der Waals surface area contributed by atoms with Crippen molar-refractivity contribution < 1.29 is 9.53 Å². The molecule has 1 N–H and O–H groups in total. The molecule has 0 unspecified atom stereocenters. The number of ether oxygens (including phenoxy) is 1. The largest absolute Gasteiger partial charge is 0.497 e. The Hall–Kier alpha value is -2.14. The molecule has 0 radical (unpaired) electrons. The van der Waals surface area contributed by atoms with E-state index in [4.69, 9.17) is 16.3 Å². The Bertz CT molecular complexity index is 551. The first-order valence-electron chi connectivity index (χ1n) is 6.27. The number of Topliss-reactive ketones (excluding diaryl/α,β-unsaturated/α-hetero) is 1. The Morgan fingerprint density at radius 3 is 2.57 bits per heavy atom. The molecule has 1 aromatic rings. The second-order valence-electron chi connectivity index (χ2n) is 4.15. The molecule has 0 saturated carbocycles. The fourth-order valence-corrected chi connectivity index (χ4v) is 1.90. The Kier molecular flexibility index (Phi) is 7.18. The lowest BCUT2D eigenvalue weighted by atomic mass is 10.2. The van der Waals surface area contributed by atoms with E-state index >= 15 is 0 Å². The summed E-state index contributed by atoms with van der Waals surface area (Å²) in [5.74, 6) is 1.13. The summed E-state index contributed by atoms with van der Waals surface area (Å²) in [6.07, 6.45) is 1.27. The van der Waals surface area contributed by atoms with Gasteiger partial charge in [0.05, 0.1) is 18.6 Å². The summed E-state index contributed by atoms with van der Waals surface area (Å²) in [7, 11) is 1.62. The van der Waals surface area contributed by atoms with Gasteiger partial charge in [0.25, 0.3) is 0 Å². The number of carbonyl (C=O) groups excluding carboxylic acids is 1. The van der Waals surface area contributed by atoms with Crippen LogP contribution in [0.4, 0.5) is 0 Å². The highest BCUT2D eigenvalue weighted by Gasteiger charge is 2.10. The van der Waals surface area contributed by atoms with E-state index in [-0.39, 0.29) is 11.7 Å². The topological polar surface area (TPSA) is 63.1 Å². The smallest absolute Gasteiger partial charge is 0.160 e. The summed E-state index contributed by atoms with van der Waals surface area (Å²) >= 11 is 5.80. The predicted octanol–water partition coefficient (Wildman–Crippen LogP) is 2.55. The van der Waals surface area contributed by atoms with E-state index in [1.54, 1.807) is 7.11 Å². The van der Waals surface area contributed by atoms with Crippen molar-refractivity contribution in [3.8, 4) is 5.75 Å². The molecule has 0 aromatic heterocycles. The Labute approximate surface area is 129 Å². The lowest BCUT2D eigenvalue weighted by Gasteiger charge is -2.10. The first kappa shape index (κ1) is 16.9. The van der Waals surface area contributed by atoms with Gasteiger partial charge >= 0.3 is 0 Å². The SMILES string of the molecule is C=NC=N/C(NCc1ccc(OC)cc1)=C(\CCl)C(C)=O. The molecule has 0 aliphatic heterocycles. The molecule has 6 heteroatoms. The van der Waals surface area contributed by atoms with Gasteiger partial charge in [0.2, 0.25) is 0 Å². The number of hydrogen-bond acceptors (Lipinski definition) is 4. The zero-order valence-electron chi connectivity index (χ0n) is 12.1. The van der Waals surface area contributed by atoms with Gasteiger partial charge in [-0.05, 0) is 31.3 Å². The lowest BCUT2D eigenvalue weighted by Crippen LogP contribution is -2.17. The normalized spacial score (nSPS) is 12.0. The molecule has 0 aliphatic carbocycles. The van der Waals surface area contributed by atoms with Gasteiger partial charge in [-0.1, -0.05) is 12.1 Å². The molecule has 1 rings (SSSR count). The maximum Gasteiger partial charge on any atom is 0.160 e. The molecular formula is C15H18ClN3O2. The van der Waals surface area contributed by atoms with E-state index < -0.39 is 0 Å². The highest BCUT2D eigenvalue weighted by molar-refractivity contribution is 6.22. The van der Waals surface area contributed by atoms with E-state index in [2.05, 4.69) is 22.0 Å². The number of allylic oxidation sites excluding steroid dienone is 1. The number of alkyl halides is 1. The minimum absolute atomic E-state index is 0.0781. The molecule has 0 bridgehead atoms. The van der Waals surface area contributed by atoms with Gasteiger partial charge in [-0.2, -0.15) is 0 Å². The van der Waals surface area contributed by atoms with Crippen molar-refractivity contribution >= 4 is 30.4 Å². The van der Waals surface area contributed by atoms with Gasteiger partial charge in [-0.15, -0.1) is 11.6 Å². The van der Waals surface area contributed by atoms with E-state index in [1.807, 2.05) is 24.3 Å². The number of hydrogen-bond donors (Lipinski definition) is 1. The summed E-state index contributed by atoms with van der Waals surface area (Å²) in [5.41, 5.74) is 1.43. The fraction of sp³-hybridized carbons (Fsp3) is 0.267. The molecule has 21 heavy (non-hydrogen) atoms. The maximum absolute atomic E-state index is 11.6. The minimum Gasteiger partial charge on any atom is -0.497 e. The average molecular weight is 308 g/mol. The van der Waals surface area contributed by atoms with Gasteiger partial charge in [-0.25, -0.2) is 4.99 Å². The fourth-order valence-electron chi connectivity index (χ4n) is 1.58. The van der Waals surface area contributed by atoms with Crippen molar-refractivity contribution in [1.82, 2.24) is 5.32 Å². The van der Waals surface area contributed by atoms with Gasteiger partial charge in [-0.3, -0.25) is 9.79 Å². The van der Waals surface area contributed by atoms with Crippen LogP contribution in [0, 0.1) is 0 Å². The van der Waals surface area contributed by atoms with Gasteiger partial charge in [0, 0.05) is 6.54 Å². The summed E-state index contributed by atoms with van der Waals surface area (Å²) in [5, 5.41) is 3.09. The van der Waals surface area contributed by atoms with Crippen molar-refractivity contribution in [3.05, 3.63) is 41.2 Å². The summed E-state index contributed by atoms with van der Waals surface area (Å²) < 4.78 is 5.10. The minimum atomic E-state index is -0.136. The highest BCUT2D eigenvalue weighted by atomic mass is 35.5. The van der Waals surface area contributed by atoms with Crippen LogP contribution in [-0.4, -0.2) is 31.8 Å². The molecule has 1 aromatic carbocycles. The molecule has 0 fully saturated rings. The van der Waals surface area contributed by atoms with Crippen LogP contribution in [0.15, 0.2) is 45.6 Å². The number of benzene rings is 1. The number of carbonyl (C=O) groups is 1. The number of ketones is 1. The molecule has 0 saturated heterocycles. The molecular weight excluding hydrogens is 290 g/mol. The first-order valence-corrected chi connectivity index (χ1v) is 6.81. The van der Waals surface area contributed by atoms with E-state index in [1.165, 1.54) is 13.3 Å². The number of rotatable bonds is 8. The van der Waals surface area contributed by atoms with Crippen LogP contribution < -0.4 is 10.1 Å². The molecule has 0 aliphatic rings. The molecule has 0 amide bonds. The number of nitrogens with zero attached hydrogens (tertiary/aromatic N) is 2. The number of aliphatic imine (C=N–C) groups is 2. The van der Waals surface area contributed by atoms with Crippen molar-refractivity contribution in [2.45, 2.75) is 13.5 Å². The van der Waals surface area contributed by atoms with Gasteiger partial charge in [0.1, 0.15) is 17.9 Å². The second-order valence-corrected chi connectivity index (χ2v) is 4.41. The maximum atomic E-state index is 11.6. The number of methoxy groups -OCH3 is 1. The monoisotopic (exact) mass is 307 g/mol. The Morgan fingerprint density at radius 2 is 2.10 bits per heavy atom. The zero-order valence-corrected chi connectivity index (χ0v) is 12.9. The van der Waals surface area contributed by atoms with Crippen LogP contribution in [0.5, 0.6) is 5.75 Å². The Morgan fingerprint density at radius 1 is 1.43 bits per heavy atom. The standard InChI is InChI=1S/C15H18ClN3O2/c1-11(20)14(8-16)15(19-10-17-2)18-9-12-4-6-13(21-3)7-5-12/h4-7,10,18H,2,8-9H2,1,3H3/b15-14+,19-10?. The van der Waals surface area contributed by atoms with Crippen LogP contribution in [0.3, 0.4) is 0 Å². The third-order valence-electron chi connectivity index (χ3n) is 2.73.